The van der Waals surface area contributed by atoms with Crippen molar-refractivity contribution in [1.82, 2.24) is 4.48 Å². The Labute approximate surface area is 401 Å². The van der Waals surface area contributed by atoms with Gasteiger partial charge in [-0.05, 0) is 102 Å². The van der Waals surface area contributed by atoms with Crippen LogP contribution in [0.3, 0.4) is 0 Å². The van der Waals surface area contributed by atoms with Crippen molar-refractivity contribution in [2.75, 3.05) is 14.2 Å². The van der Waals surface area contributed by atoms with E-state index < -0.39 is 7.26 Å². The van der Waals surface area contributed by atoms with Gasteiger partial charge in [0.15, 0.2) is 5.71 Å². The molecule has 3 heterocycles. The van der Waals surface area contributed by atoms with Gasteiger partial charge in [-0.2, -0.15) is 0 Å². The van der Waals surface area contributed by atoms with Crippen LogP contribution in [0.15, 0.2) is 127 Å². The average molecular weight is 894 g/mol. The Morgan fingerprint density at radius 1 is 0.463 bits per heavy atom. The van der Waals surface area contributed by atoms with Crippen molar-refractivity contribution in [2.45, 2.75) is 131 Å². The maximum absolute atomic E-state index is 19.2. The number of hydrogen-bond donors (Lipinski definition) is 0. The Morgan fingerprint density at radius 2 is 0.836 bits per heavy atom. The highest BCUT2D eigenvalue weighted by atomic mass is 19.1. The molecular weight excluding hydrogens is 822 g/mol. The number of ether oxygens (including phenoxy) is 2. The number of halogens is 1. The SMILES string of the molecule is COc1cc(C(C)(C)C)cc(OC)c1C1=C2C(c3ccc(C(C)(C)C)cc3)=CC(c3ccc(C(C)(C)C)cc3)=[N+]2B(F)n2c(-c3ccc(C(C)(C)C)cc3)cc(-c3ccc(C(C)(C)C)cc3)c21. The lowest BCUT2D eigenvalue weighted by atomic mass is 9.80. The van der Waals surface area contributed by atoms with Crippen molar-refractivity contribution < 1.29 is 18.3 Å². The quantitative estimate of drug-likeness (QED) is 0.149. The van der Waals surface area contributed by atoms with Gasteiger partial charge in [-0.3, -0.25) is 4.48 Å². The zero-order valence-corrected chi connectivity index (χ0v) is 43.2. The molecule has 4 nitrogen and oxygen atoms in total. The first-order chi connectivity index (χ1) is 31.2. The summed E-state index contributed by atoms with van der Waals surface area (Å²) in [4.78, 5) is 0. The van der Waals surface area contributed by atoms with Crippen molar-refractivity contribution in [3.63, 3.8) is 0 Å². The standard InChI is InChI=1S/C61H71BFN2O2/c1-57(2,3)42-26-18-38(19-27-42)47-36-49(40-22-30-44(31-23-40)59(7,8)9)64-55(47)54(53-51(66-16)34-46(61(13,14)15)35-52(53)67-17)56-48(39-20-28-43(29-21-39)58(4,5)6)37-50(65(56)62(64)63)41-24-32-45(33-25-41)60(10,11)12/h18-37H,1-17H3/q+1. The third-order valence-electron chi connectivity index (χ3n) is 13.8. The van der Waals surface area contributed by atoms with E-state index in [1.807, 2.05) is 8.96 Å². The molecule has 0 bridgehead atoms. The van der Waals surface area contributed by atoms with Crippen molar-refractivity contribution in [3.05, 3.63) is 177 Å². The van der Waals surface area contributed by atoms with Crippen molar-refractivity contribution in [2.24, 2.45) is 0 Å². The Kier molecular flexibility index (Phi) is 11.9. The second-order valence-electron chi connectivity index (χ2n) is 23.8. The number of allylic oxidation sites excluding steroid dienone is 2. The molecule has 346 valence electrons. The van der Waals surface area contributed by atoms with Gasteiger partial charge in [0.25, 0.3) is 0 Å². The van der Waals surface area contributed by atoms with Gasteiger partial charge in [0, 0.05) is 22.9 Å². The van der Waals surface area contributed by atoms with E-state index in [0.29, 0.717) is 11.5 Å². The van der Waals surface area contributed by atoms with Gasteiger partial charge in [0.05, 0.1) is 36.6 Å². The molecule has 2 aliphatic rings. The molecule has 0 radical (unpaired) electrons. The fourth-order valence-electron chi connectivity index (χ4n) is 9.52. The highest BCUT2D eigenvalue weighted by Gasteiger charge is 2.55. The first kappa shape index (κ1) is 47.6. The number of aromatic nitrogens is 1. The maximum Gasteiger partial charge on any atom is 0.847 e. The Bertz CT molecular complexity index is 2920. The molecule has 0 fully saturated rings. The number of fused-ring (bicyclic) bond motifs is 2. The molecule has 0 amide bonds. The van der Waals surface area contributed by atoms with E-state index in [2.05, 4.69) is 225 Å². The van der Waals surface area contributed by atoms with E-state index in [1.54, 1.807) is 14.2 Å². The fraction of sp³-hybridized carbons (Fsp3) is 0.361. The number of benzene rings is 5. The molecule has 6 aromatic rings. The molecule has 1 aromatic heterocycles. The van der Waals surface area contributed by atoms with E-state index in [1.165, 1.54) is 22.3 Å². The minimum Gasteiger partial charge on any atom is -0.496 e. The highest BCUT2D eigenvalue weighted by molar-refractivity contribution is 6.46. The normalized spacial score (nSPS) is 14.7. The molecular formula is C61H71BFN2O2+. The summed E-state index contributed by atoms with van der Waals surface area (Å²) in [5.41, 5.74) is 16.0. The third kappa shape index (κ3) is 8.78. The van der Waals surface area contributed by atoms with Crippen molar-refractivity contribution in [3.8, 4) is 33.9 Å². The lowest BCUT2D eigenvalue weighted by Crippen LogP contribution is -2.41. The second-order valence-corrected chi connectivity index (χ2v) is 23.8. The molecule has 0 aliphatic carbocycles. The van der Waals surface area contributed by atoms with E-state index in [4.69, 9.17) is 9.47 Å². The minimum atomic E-state index is -1.64. The number of methoxy groups -OCH3 is 2. The van der Waals surface area contributed by atoms with Crippen molar-refractivity contribution >= 4 is 24.1 Å². The van der Waals surface area contributed by atoms with Gasteiger partial charge in [-0.15, -0.1) is 0 Å². The summed E-state index contributed by atoms with van der Waals surface area (Å²) < 4.78 is 36.1. The predicted molar refractivity (Wildman–Crippen MR) is 282 cm³/mol. The summed E-state index contributed by atoms with van der Waals surface area (Å²) in [5.74, 6) is 1.32. The monoisotopic (exact) mass is 894 g/mol. The Hall–Kier alpha value is -5.88. The lowest BCUT2D eigenvalue weighted by Gasteiger charge is -2.28. The minimum absolute atomic E-state index is 0.0463. The average Bonchev–Trinajstić information content (AvgIpc) is 3.86. The zero-order valence-electron chi connectivity index (χ0n) is 43.2. The molecule has 8 rings (SSSR count). The predicted octanol–water partition coefficient (Wildman–Crippen LogP) is 15.5. The molecule has 0 spiro atoms. The van der Waals surface area contributed by atoms with E-state index in [9.17, 15) is 0 Å². The highest BCUT2D eigenvalue weighted by Crippen LogP contribution is 2.53. The van der Waals surface area contributed by atoms with Crippen LogP contribution in [0.5, 0.6) is 11.5 Å². The first-order valence-corrected chi connectivity index (χ1v) is 23.9. The Morgan fingerprint density at radius 3 is 1.22 bits per heavy atom. The first-order valence-electron chi connectivity index (χ1n) is 23.9. The molecule has 0 unspecified atom stereocenters. The van der Waals surface area contributed by atoms with Gasteiger partial charge in [0.1, 0.15) is 11.5 Å². The summed E-state index contributed by atoms with van der Waals surface area (Å²) >= 11 is 0. The molecule has 67 heavy (non-hydrogen) atoms. The molecule has 0 N–H and O–H groups in total. The molecule has 2 aliphatic heterocycles. The second kappa shape index (κ2) is 16.7. The van der Waals surface area contributed by atoms with Gasteiger partial charge in [-0.1, -0.05) is 189 Å². The summed E-state index contributed by atoms with van der Waals surface area (Å²) in [6.07, 6.45) is 2.20. The van der Waals surface area contributed by atoms with Crippen molar-refractivity contribution in [1.29, 1.82) is 0 Å². The van der Waals surface area contributed by atoms with Gasteiger partial charge in [-0.25, -0.2) is 8.80 Å². The summed E-state index contributed by atoms with van der Waals surface area (Å²) in [6, 6.07) is 41.5. The number of rotatable bonds is 7. The summed E-state index contributed by atoms with van der Waals surface area (Å²) in [7, 11) is 1.82. The number of hydrogen-bond acceptors (Lipinski definition) is 2. The van der Waals surface area contributed by atoms with Crippen LogP contribution >= 0.6 is 0 Å². The molecule has 0 saturated carbocycles. The van der Waals surface area contributed by atoms with Crippen LogP contribution in [0.4, 0.5) is 4.32 Å². The zero-order chi connectivity index (χ0) is 48.8. The third-order valence-corrected chi connectivity index (χ3v) is 13.8. The van der Waals surface area contributed by atoms with Crippen LogP contribution < -0.4 is 9.47 Å². The number of nitrogens with zero attached hydrogens (tertiary/aromatic N) is 2. The molecule has 5 aromatic carbocycles. The van der Waals surface area contributed by atoms with Gasteiger partial charge in [0.2, 0.25) is 5.70 Å². The topological polar surface area (TPSA) is 26.4 Å². The van der Waals surface area contributed by atoms with Crippen LogP contribution in [0, 0.1) is 0 Å². The fourth-order valence-corrected chi connectivity index (χ4v) is 9.52. The maximum atomic E-state index is 19.2. The van der Waals surface area contributed by atoms with Gasteiger partial charge < -0.3 is 9.47 Å². The van der Waals surface area contributed by atoms with E-state index in [0.717, 1.165) is 72.9 Å². The lowest BCUT2D eigenvalue weighted by molar-refractivity contribution is -0.332. The smallest absolute Gasteiger partial charge is 0.496 e. The molecule has 6 heteroatoms. The molecule has 0 atom stereocenters. The summed E-state index contributed by atoms with van der Waals surface area (Å²) in [6.45, 7) is 33.4. The van der Waals surface area contributed by atoms with E-state index >= 15 is 4.32 Å². The van der Waals surface area contributed by atoms with Crippen LogP contribution in [0.25, 0.3) is 33.5 Å². The van der Waals surface area contributed by atoms with E-state index in [-0.39, 0.29) is 27.1 Å². The largest absolute Gasteiger partial charge is 0.847 e. The van der Waals surface area contributed by atoms with Crippen LogP contribution in [0.2, 0.25) is 0 Å². The Balaban J connectivity index is 1.57. The summed E-state index contributed by atoms with van der Waals surface area (Å²) in [5, 5.41) is 0. The van der Waals surface area contributed by atoms with Crippen LogP contribution in [-0.2, 0) is 27.1 Å². The van der Waals surface area contributed by atoms with Crippen LogP contribution in [-0.4, -0.2) is 36.2 Å². The molecule has 0 saturated heterocycles. The van der Waals surface area contributed by atoms with Gasteiger partial charge >= 0.3 is 7.26 Å². The van der Waals surface area contributed by atoms with Crippen LogP contribution in [0.1, 0.15) is 154 Å².